The maximum Gasteiger partial charge on any atom is 0.241 e. The minimum absolute atomic E-state index is 0.00129. The maximum atomic E-state index is 14.0. The van der Waals surface area contributed by atoms with Crippen molar-refractivity contribution in [2.75, 3.05) is 11.6 Å². The molecule has 1 atom stereocenters. The molecular weight excluding hydrogens is 331 g/mol. The zero-order valence-corrected chi connectivity index (χ0v) is 12.7. The highest BCUT2D eigenvalue weighted by Gasteiger charge is 2.40. The summed E-state index contributed by atoms with van der Waals surface area (Å²) in [5.74, 6) is -3.49. The number of nitrogens with one attached hydrogen (secondary N) is 1. The van der Waals surface area contributed by atoms with Crippen LogP contribution in [-0.4, -0.2) is 33.1 Å². The number of rotatable bonds is 2. The molecule has 2 heterocycles. The minimum Gasteiger partial charge on any atom is -0.308 e. The largest absolute Gasteiger partial charge is 0.308 e. The molecule has 2 aromatic rings. The molecule has 1 aromatic carbocycles. The van der Waals surface area contributed by atoms with Gasteiger partial charge in [-0.15, -0.1) is 10.2 Å². The maximum absolute atomic E-state index is 14.0. The molecule has 1 aliphatic rings. The Balaban J connectivity index is 2.12. The predicted molar refractivity (Wildman–Crippen MR) is 78.7 cm³/mol. The lowest BCUT2D eigenvalue weighted by atomic mass is 9.89. The molecular formula is C13H8ClFN4O2S. The van der Waals surface area contributed by atoms with Crippen molar-refractivity contribution in [3.63, 3.8) is 0 Å². The molecule has 0 fully saturated rings. The normalized spacial score (nSPS) is 17.1. The van der Waals surface area contributed by atoms with Crippen molar-refractivity contribution in [2.24, 2.45) is 0 Å². The van der Waals surface area contributed by atoms with E-state index in [0.29, 0.717) is 5.16 Å². The second-order valence-electron chi connectivity index (χ2n) is 4.42. The first kappa shape index (κ1) is 14.9. The number of aromatic nitrogens is 3. The van der Waals surface area contributed by atoms with Crippen molar-refractivity contribution in [2.45, 2.75) is 11.1 Å². The summed E-state index contributed by atoms with van der Waals surface area (Å²) >= 11 is 7.16. The van der Waals surface area contributed by atoms with Crippen molar-refractivity contribution < 1.29 is 14.0 Å². The summed E-state index contributed by atoms with van der Waals surface area (Å²) in [6, 6.07) is 3.95. The van der Waals surface area contributed by atoms with Gasteiger partial charge in [-0.1, -0.05) is 29.4 Å². The first-order chi connectivity index (χ1) is 10.5. The molecule has 1 unspecified atom stereocenters. The SMILES string of the molecule is CSc1nnc2c(n1)NC(=O)C(c1c(F)cccc1Cl)C2=O. The fraction of sp³-hybridized carbons (Fsp3) is 0.154. The van der Waals surface area contributed by atoms with Crippen LogP contribution in [0.3, 0.4) is 0 Å². The first-order valence-electron chi connectivity index (χ1n) is 6.10. The number of carbonyl (C=O) groups excluding carboxylic acids is 2. The van der Waals surface area contributed by atoms with Crippen molar-refractivity contribution in [3.8, 4) is 0 Å². The number of carbonyl (C=O) groups is 2. The Morgan fingerprint density at radius 3 is 2.77 bits per heavy atom. The summed E-state index contributed by atoms with van der Waals surface area (Å²) in [4.78, 5) is 28.7. The lowest BCUT2D eigenvalue weighted by Crippen LogP contribution is -2.36. The summed E-state index contributed by atoms with van der Waals surface area (Å²) in [5.41, 5.74) is -0.283. The molecule has 1 amide bonds. The van der Waals surface area contributed by atoms with Gasteiger partial charge in [-0.05, 0) is 18.4 Å². The molecule has 112 valence electrons. The van der Waals surface area contributed by atoms with Crippen molar-refractivity contribution in [1.29, 1.82) is 0 Å². The Bertz CT molecular complexity index is 781. The quantitative estimate of drug-likeness (QED) is 0.668. The fourth-order valence-electron chi connectivity index (χ4n) is 2.14. The number of thioether (sulfide) groups is 1. The zero-order chi connectivity index (χ0) is 15.9. The molecule has 1 aliphatic heterocycles. The molecule has 0 saturated carbocycles. The minimum atomic E-state index is -1.41. The first-order valence-corrected chi connectivity index (χ1v) is 7.71. The van der Waals surface area contributed by atoms with Gasteiger partial charge in [-0.25, -0.2) is 9.37 Å². The Morgan fingerprint density at radius 2 is 2.09 bits per heavy atom. The van der Waals surface area contributed by atoms with E-state index in [4.69, 9.17) is 11.6 Å². The second kappa shape index (κ2) is 5.62. The van der Waals surface area contributed by atoms with Crippen LogP contribution < -0.4 is 5.32 Å². The monoisotopic (exact) mass is 338 g/mol. The van der Waals surface area contributed by atoms with Gasteiger partial charge in [-0.3, -0.25) is 9.59 Å². The van der Waals surface area contributed by atoms with E-state index >= 15 is 0 Å². The van der Waals surface area contributed by atoms with Gasteiger partial charge in [0.1, 0.15) is 11.7 Å². The van der Waals surface area contributed by atoms with E-state index in [9.17, 15) is 14.0 Å². The molecule has 0 saturated heterocycles. The average Bonchev–Trinajstić information content (AvgIpc) is 2.49. The van der Waals surface area contributed by atoms with Gasteiger partial charge in [0, 0.05) is 10.6 Å². The summed E-state index contributed by atoms with van der Waals surface area (Å²) in [6.45, 7) is 0. The molecule has 1 N–H and O–H groups in total. The van der Waals surface area contributed by atoms with Crippen LogP contribution in [0.5, 0.6) is 0 Å². The number of benzene rings is 1. The number of fused-ring (bicyclic) bond motifs is 1. The van der Waals surface area contributed by atoms with Crippen LogP contribution in [0.15, 0.2) is 23.4 Å². The third-order valence-corrected chi connectivity index (χ3v) is 4.01. The Morgan fingerprint density at radius 1 is 1.32 bits per heavy atom. The summed E-state index contributed by atoms with van der Waals surface area (Å²) < 4.78 is 14.0. The van der Waals surface area contributed by atoms with Gasteiger partial charge in [0.05, 0.1) is 0 Å². The van der Waals surface area contributed by atoms with Crippen LogP contribution in [0.25, 0.3) is 0 Å². The smallest absolute Gasteiger partial charge is 0.241 e. The number of anilines is 1. The number of hydrogen-bond acceptors (Lipinski definition) is 6. The van der Waals surface area contributed by atoms with E-state index in [0.717, 1.165) is 6.07 Å². The van der Waals surface area contributed by atoms with Crippen LogP contribution in [0.4, 0.5) is 10.2 Å². The van der Waals surface area contributed by atoms with E-state index in [2.05, 4.69) is 20.5 Å². The zero-order valence-electron chi connectivity index (χ0n) is 11.1. The van der Waals surface area contributed by atoms with E-state index < -0.39 is 23.4 Å². The predicted octanol–water partition coefficient (Wildman–Crippen LogP) is 2.30. The number of ketones is 1. The summed E-state index contributed by atoms with van der Waals surface area (Å²) in [7, 11) is 0. The second-order valence-corrected chi connectivity index (χ2v) is 5.60. The number of amides is 1. The van der Waals surface area contributed by atoms with Crippen LogP contribution in [0.2, 0.25) is 5.02 Å². The van der Waals surface area contributed by atoms with Crippen molar-refractivity contribution >= 4 is 40.9 Å². The molecule has 0 spiro atoms. The van der Waals surface area contributed by atoms with Crippen LogP contribution in [0, 0.1) is 5.82 Å². The lowest BCUT2D eigenvalue weighted by Gasteiger charge is -2.22. The van der Waals surface area contributed by atoms with Gasteiger partial charge in [0.15, 0.2) is 11.5 Å². The number of nitrogens with zero attached hydrogens (tertiary/aromatic N) is 3. The van der Waals surface area contributed by atoms with E-state index in [-0.39, 0.29) is 22.1 Å². The molecule has 9 heteroatoms. The van der Waals surface area contributed by atoms with Crippen molar-refractivity contribution in [1.82, 2.24) is 15.2 Å². The molecule has 0 radical (unpaired) electrons. The third-order valence-electron chi connectivity index (χ3n) is 3.14. The van der Waals surface area contributed by atoms with Crippen molar-refractivity contribution in [3.05, 3.63) is 40.3 Å². The Kier molecular flexibility index (Phi) is 3.79. The summed E-state index contributed by atoms with van der Waals surface area (Å²) in [6.07, 6.45) is 1.73. The van der Waals surface area contributed by atoms with E-state index in [1.807, 2.05) is 0 Å². The summed E-state index contributed by atoms with van der Waals surface area (Å²) in [5, 5.41) is 10.3. The van der Waals surface area contributed by atoms with Crippen LogP contribution >= 0.6 is 23.4 Å². The van der Waals surface area contributed by atoms with E-state index in [1.54, 1.807) is 6.26 Å². The molecule has 22 heavy (non-hydrogen) atoms. The van der Waals surface area contributed by atoms with Gasteiger partial charge >= 0.3 is 0 Å². The fourth-order valence-corrected chi connectivity index (χ4v) is 2.72. The van der Waals surface area contributed by atoms with E-state index in [1.165, 1.54) is 23.9 Å². The highest BCUT2D eigenvalue weighted by Crippen LogP contribution is 2.34. The highest BCUT2D eigenvalue weighted by atomic mass is 35.5. The molecule has 6 nitrogen and oxygen atoms in total. The molecule has 0 bridgehead atoms. The topological polar surface area (TPSA) is 84.8 Å². The van der Waals surface area contributed by atoms with Gasteiger partial charge < -0.3 is 5.32 Å². The third kappa shape index (κ3) is 2.34. The lowest BCUT2D eigenvalue weighted by molar-refractivity contribution is -0.116. The van der Waals surface area contributed by atoms with Crippen LogP contribution in [-0.2, 0) is 4.79 Å². The van der Waals surface area contributed by atoms with Gasteiger partial charge in [0.2, 0.25) is 16.8 Å². The molecule has 0 aliphatic carbocycles. The Hall–Kier alpha value is -2.06. The van der Waals surface area contributed by atoms with Gasteiger partial charge in [-0.2, -0.15) is 0 Å². The number of halogens is 2. The molecule has 3 rings (SSSR count). The molecule has 1 aromatic heterocycles. The number of Topliss-reactive ketones (excluding diaryl/α,β-unsaturated/α-hetero) is 1. The number of hydrogen-bond donors (Lipinski definition) is 1. The standard InChI is InChI=1S/C13H8ClFN4O2S/c1-22-13-17-11-9(18-19-13)10(20)8(12(21)16-11)7-5(14)3-2-4-6(7)15/h2-4,8H,1H3,(H,16,17,19,21). The van der Waals surface area contributed by atoms with Gasteiger partial charge in [0.25, 0.3) is 0 Å². The average molecular weight is 339 g/mol. The highest BCUT2D eigenvalue weighted by molar-refractivity contribution is 7.98. The Labute approximate surface area is 133 Å². The van der Waals surface area contributed by atoms with Crippen LogP contribution in [0.1, 0.15) is 22.0 Å².